The molecule has 0 spiro atoms. The van der Waals surface area contributed by atoms with Crippen molar-refractivity contribution in [3.8, 4) is 0 Å². The Labute approximate surface area is 94.9 Å². The lowest BCUT2D eigenvalue weighted by molar-refractivity contribution is -0.138. The number of H-pyrrole nitrogens is 1. The number of carboxylic acids is 1. The van der Waals surface area contributed by atoms with E-state index in [9.17, 15) is 22.0 Å². The zero-order chi connectivity index (χ0) is 13.1. The molecule has 0 aliphatic heterocycles. The van der Waals surface area contributed by atoms with E-state index in [0.29, 0.717) is 5.69 Å². The van der Waals surface area contributed by atoms with Gasteiger partial charge in [0.05, 0.1) is 6.33 Å². The minimum Gasteiger partial charge on any atom is -0.480 e. The van der Waals surface area contributed by atoms with Gasteiger partial charge in [0, 0.05) is 18.3 Å². The number of carbonyl (C=O) groups is 1. The van der Waals surface area contributed by atoms with Crippen LogP contribution in [-0.4, -0.2) is 41.3 Å². The number of halogens is 2. The first-order chi connectivity index (χ1) is 7.83. The second-order valence-corrected chi connectivity index (χ2v) is 4.78. The summed E-state index contributed by atoms with van der Waals surface area (Å²) in [4.78, 5) is 16.9. The second-order valence-electron chi connectivity index (χ2n) is 3.10. The van der Waals surface area contributed by atoms with Crippen LogP contribution in [0.3, 0.4) is 0 Å². The van der Waals surface area contributed by atoms with Gasteiger partial charge in [-0.15, -0.1) is 0 Å². The third-order valence-electron chi connectivity index (χ3n) is 1.82. The number of aliphatic carboxylic acids is 1. The van der Waals surface area contributed by atoms with Gasteiger partial charge in [0.15, 0.2) is 0 Å². The van der Waals surface area contributed by atoms with E-state index in [1.165, 1.54) is 17.2 Å². The lowest BCUT2D eigenvalue weighted by atomic mass is 10.2. The highest BCUT2D eigenvalue weighted by Gasteiger charge is 2.31. The standard InChI is InChI=1S/C7H9F2N3O4S/c8-7(9)17(15,16)12-5(6(13)14)1-4-2-10-3-11-4/h2-3,5,7,12H,1H2,(H,10,11)(H,13,14)/t5-/m1/s1. The number of nitrogens with one attached hydrogen (secondary N) is 2. The first-order valence-corrected chi connectivity index (χ1v) is 5.87. The Morgan fingerprint density at radius 3 is 2.65 bits per heavy atom. The number of hydrogen-bond donors (Lipinski definition) is 3. The molecule has 10 heteroatoms. The summed E-state index contributed by atoms with van der Waals surface area (Å²) in [5.41, 5.74) is 0.314. The minimum absolute atomic E-state index is 0.304. The van der Waals surface area contributed by atoms with Gasteiger partial charge in [-0.3, -0.25) is 4.79 Å². The normalized spacial score (nSPS) is 13.8. The number of rotatable bonds is 6. The van der Waals surface area contributed by atoms with Crippen molar-refractivity contribution in [2.24, 2.45) is 0 Å². The predicted octanol–water partition coefficient (Wildman–Crippen LogP) is -0.453. The van der Waals surface area contributed by atoms with Crippen LogP contribution < -0.4 is 4.72 Å². The number of alkyl halides is 2. The summed E-state index contributed by atoms with van der Waals surface area (Å²) in [7, 11) is -4.94. The fourth-order valence-electron chi connectivity index (χ4n) is 1.05. The maximum absolute atomic E-state index is 12.1. The molecule has 96 valence electrons. The first-order valence-electron chi connectivity index (χ1n) is 4.32. The number of imidazole rings is 1. The molecular weight excluding hydrogens is 260 g/mol. The van der Waals surface area contributed by atoms with Crippen LogP contribution in [-0.2, 0) is 21.2 Å². The van der Waals surface area contributed by atoms with Gasteiger partial charge in [0.25, 0.3) is 10.0 Å². The Balaban J connectivity index is 2.78. The van der Waals surface area contributed by atoms with Gasteiger partial charge in [-0.05, 0) is 0 Å². The predicted molar refractivity (Wildman–Crippen MR) is 51.8 cm³/mol. The highest BCUT2D eigenvalue weighted by atomic mass is 32.2. The largest absolute Gasteiger partial charge is 0.480 e. The van der Waals surface area contributed by atoms with E-state index in [-0.39, 0.29) is 6.42 Å². The fourth-order valence-corrected chi connectivity index (χ4v) is 1.73. The fraction of sp³-hybridized carbons (Fsp3) is 0.429. The Bertz CT molecular complexity index is 473. The van der Waals surface area contributed by atoms with E-state index in [2.05, 4.69) is 9.97 Å². The van der Waals surface area contributed by atoms with Crippen molar-refractivity contribution in [2.75, 3.05) is 0 Å². The van der Waals surface area contributed by atoms with E-state index in [0.717, 1.165) is 0 Å². The summed E-state index contributed by atoms with van der Waals surface area (Å²) in [6, 6.07) is -1.67. The number of aromatic amines is 1. The number of carboxylic acid groups (broad SMARTS) is 1. The smallest absolute Gasteiger partial charge is 0.350 e. The molecule has 3 N–H and O–H groups in total. The molecule has 17 heavy (non-hydrogen) atoms. The summed E-state index contributed by atoms with van der Waals surface area (Å²) in [6.07, 6.45) is 2.23. The monoisotopic (exact) mass is 269 g/mol. The summed E-state index contributed by atoms with van der Waals surface area (Å²) in [5.74, 6) is -5.23. The molecule has 0 aromatic carbocycles. The van der Waals surface area contributed by atoms with Crippen LogP contribution in [0.1, 0.15) is 5.69 Å². The third kappa shape index (κ3) is 3.75. The average molecular weight is 269 g/mol. The van der Waals surface area contributed by atoms with Crippen molar-refractivity contribution in [1.29, 1.82) is 0 Å². The number of hydrogen-bond acceptors (Lipinski definition) is 4. The molecule has 1 heterocycles. The summed E-state index contributed by atoms with van der Waals surface area (Å²) >= 11 is 0. The quantitative estimate of drug-likeness (QED) is 0.647. The molecule has 1 atom stereocenters. The topological polar surface area (TPSA) is 112 Å². The Morgan fingerprint density at radius 1 is 1.59 bits per heavy atom. The van der Waals surface area contributed by atoms with Crippen molar-refractivity contribution < 1.29 is 27.1 Å². The van der Waals surface area contributed by atoms with E-state index >= 15 is 0 Å². The van der Waals surface area contributed by atoms with Crippen LogP contribution in [0, 0.1) is 0 Å². The van der Waals surface area contributed by atoms with Crippen molar-refractivity contribution in [1.82, 2.24) is 14.7 Å². The molecule has 0 fully saturated rings. The van der Waals surface area contributed by atoms with Crippen LogP contribution >= 0.6 is 0 Å². The van der Waals surface area contributed by atoms with Crippen molar-refractivity contribution in [3.63, 3.8) is 0 Å². The molecule has 0 amide bonds. The van der Waals surface area contributed by atoms with E-state index in [4.69, 9.17) is 5.11 Å². The molecule has 0 bridgehead atoms. The SMILES string of the molecule is O=C(O)[C@@H](Cc1cnc[nH]1)NS(=O)(=O)C(F)F. The molecule has 0 radical (unpaired) electrons. The molecule has 0 aliphatic carbocycles. The van der Waals surface area contributed by atoms with Gasteiger partial charge >= 0.3 is 11.7 Å². The molecule has 0 aliphatic rings. The van der Waals surface area contributed by atoms with Gasteiger partial charge in [-0.25, -0.2) is 13.4 Å². The second kappa shape index (κ2) is 5.19. The number of nitrogens with zero attached hydrogens (tertiary/aromatic N) is 1. The van der Waals surface area contributed by atoms with Crippen molar-refractivity contribution >= 4 is 16.0 Å². The first kappa shape index (κ1) is 13.5. The highest BCUT2D eigenvalue weighted by molar-refractivity contribution is 7.89. The number of aromatic nitrogens is 2. The number of sulfonamides is 1. The third-order valence-corrected chi connectivity index (χ3v) is 2.90. The zero-order valence-corrected chi connectivity index (χ0v) is 9.12. The van der Waals surface area contributed by atoms with Crippen LogP contribution in [0.15, 0.2) is 12.5 Å². The van der Waals surface area contributed by atoms with Gasteiger partial charge in [0.2, 0.25) is 0 Å². The van der Waals surface area contributed by atoms with Crippen molar-refractivity contribution in [3.05, 3.63) is 18.2 Å². The van der Waals surface area contributed by atoms with E-state index in [1.807, 2.05) is 0 Å². The van der Waals surface area contributed by atoms with Crippen LogP contribution in [0.4, 0.5) is 8.78 Å². The maximum atomic E-state index is 12.1. The molecular formula is C7H9F2N3O4S. The molecule has 0 saturated carbocycles. The Hall–Kier alpha value is -1.55. The van der Waals surface area contributed by atoms with Crippen LogP contribution in [0.5, 0.6) is 0 Å². The summed E-state index contributed by atoms with van der Waals surface area (Å²) < 4.78 is 47.2. The lowest BCUT2D eigenvalue weighted by Gasteiger charge is -2.13. The van der Waals surface area contributed by atoms with E-state index in [1.54, 1.807) is 0 Å². The molecule has 7 nitrogen and oxygen atoms in total. The van der Waals surface area contributed by atoms with Gasteiger partial charge in [-0.2, -0.15) is 13.5 Å². The van der Waals surface area contributed by atoms with Gasteiger partial charge < -0.3 is 10.1 Å². The van der Waals surface area contributed by atoms with E-state index < -0.39 is 27.8 Å². The minimum atomic E-state index is -4.94. The van der Waals surface area contributed by atoms with Gasteiger partial charge in [0.1, 0.15) is 6.04 Å². The molecule has 0 unspecified atom stereocenters. The van der Waals surface area contributed by atoms with Crippen LogP contribution in [0.2, 0.25) is 0 Å². The molecule has 0 saturated heterocycles. The maximum Gasteiger partial charge on any atom is 0.350 e. The van der Waals surface area contributed by atoms with Crippen LogP contribution in [0.25, 0.3) is 0 Å². The molecule has 1 rings (SSSR count). The summed E-state index contributed by atoms with van der Waals surface area (Å²) in [5, 5.41) is 8.71. The van der Waals surface area contributed by atoms with Crippen molar-refractivity contribution in [2.45, 2.75) is 18.2 Å². The highest BCUT2D eigenvalue weighted by Crippen LogP contribution is 2.06. The zero-order valence-electron chi connectivity index (χ0n) is 8.30. The lowest BCUT2D eigenvalue weighted by Crippen LogP contribution is -2.44. The molecule has 1 aromatic rings. The summed E-state index contributed by atoms with van der Waals surface area (Å²) in [6.45, 7) is 0. The van der Waals surface area contributed by atoms with Gasteiger partial charge in [-0.1, -0.05) is 0 Å². The Morgan fingerprint density at radius 2 is 2.24 bits per heavy atom. The molecule has 1 aromatic heterocycles. The Kier molecular flexibility index (Phi) is 4.12. The average Bonchev–Trinajstić information content (AvgIpc) is 2.68.